The quantitative estimate of drug-likeness (QED) is 0.458. The van der Waals surface area contributed by atoms with Crippen molar-refractivity contribution >= 4 is 26.8 Å². The molecule has 7 heteroatoms. The molecule has 0 amide bonds. The highest BCUT2D eigenvalue weighted by Crippen LogP contribution is 2.24. The molecule has 0 saturated carbocycles. The fourth-order valence-electron chi connectivity index (χ4n) is 3.00. The molecule has 4 rings (SSSR count). The van der Waals surface area contributed by atoms with Crippen LogP contribution in [-0.2, 0) is 6.54 Å². The van der Waals surface area contributed by atoms with Crippen LogP contribution < -0.4 is 5.43 Å². The Morgan fingerprint density at radius 3 is 2.70 bits per heavy atom. The number of benzene rings is 2. The standard InChI is InChI=1S/C20H15BrFN3O2/c1-2-9-25-11-16(18(26)15-10-14(22)7-8-17(15)25)20-23-19(24-27-20)12-3-5-13(21)6-4-12/h3-8,10-11H,2,9H2,1H3. The lowest BCUT2D eigenvalue weighted by Crippen LogP contribution is -2.12. The van der Waals surface area contributed by atoms with Gasteiger partial charge in [0.1, 0.15) is 11.4 Å². The number of hydrogen-bond acceptors (Lipinski definition) is 4. The molecular formula is C20H15BrFN3O2. The molecule has 2 aromatic heterocycles. The molecule has 0 fully saturated rings. The van der Waals surface area contributed by atoms with Gasteiger partial charge in [0.05, 0.1) is 5.52 Å². The highest BCUT2D eigenvalue weighted by atomic mass is 79.9. The maximum Gasteiger partial charge on any atom is 0.263 e. The second-order valence-electron chi connectivity index (χ2n) is 6.16. The van der Waals surface area contributed by atoms with Gasteiger partial charge in [-0.25, -0.2) is 4.39 Å². The van der Waals surface area contributed by atoms with Gasteiger partial charge in [0, 0.05) is 28.2 Å². The van der Waals surface area contributed by atoms with Gasteiger partial charge >= 0.3 is 0 Å². The van der Waals surface area contributed by atoms with E-state index in [2.05, 4.69) is 26.1 Å². The number of nitrogens with zero attached hydrogens (tertiary/aromatic N) is 3. The fraction of sp³-hybridized carbons (Fsp3) is 0.150. The summed E-state index contributed by atoms with van der Waals surface area (Å²) < 4.78 is 21.9. The molecule has 2 heterocycles. The molecule has 0 aliphatic carbocycles. The van der Waals surface area contributed by atoms with Crippen LogP contribution in [0.2, 0.25) is 0 Å². The van der Waals surface area contributed by atoms with Gasteiger partial charge in [-0.3, -0.25) is 4.79 Å². The van der Waals surface area contributed by atoms with Gasteiger partial charge < -0.3 is 9.09 Å². The van der Waals surface area contributed by atoms with Gasteiger partial charge in [0.15, 0.2) is 0 Å². The Balaban J connectivity index is 1.87. The smallest absolute Gasteiger partial charge is 0.263 e. The van der Waals surface area contributed by atoms with E-state index in [9.17, 15) is 9.18 Å². The molecule has 0 radical (unpaired) electrons. The Labute approximate surface area is 162 Å². The molecular weight excluding hydrogens is 413 g/mol. The van der Waals surface area contributed by atoms with Crippen LogP contribution in [0.3, 0.4) is 0 Å². The lowest BCUT2D eigenvalue weighted by Gasteiger charge is -2.11. The van der Waals surface area contributed by atoms with Crippen molar-refractivity contribution in [3.63, 3.8) is 0 Å². The molecule has 0 spiro atoms. The van der Waals surface area contributed by atoms with E-state index in [1.807, 2.05) is 35.8 Å². The van der Waals surface area contributed by atoms with Crippen LogP contribution >= 0.6 is 15.9 Å². The zero-order valence-corrected chi connectivity index (χ0v) is 16.0. The molecule has 5 nitrogen and oxygen atoms in total. The van der Waals surface area contributed by atoms with Crippen LogP contribution in [0.5, 0.6) is 0 Å². The van der Waals surface area contributed by atoms with Crippen LogP contribution in [0.1, 0.15) is 13.3 Å². The van der Waals surface area contributed by atoms with E-state index in [0.717, 1.165) is 16.5 Å². The summed E-state index contributed by atoms with van der Waals surface area (Å²) in [7, 11) is 0. The van der Waals surface area contributed by atoms with Crippen molar-refractivity contribution in [2.75, 3.05) is 0 Å². The summed E-state index contributed by atoms with van der Waals surface area (Å²) in [4.78, 5) is 17.3. The van der Waals surface area contributed by atoms with Crippen molar-refractivity contribution in [3.05, 3.63) is 69.2 Å². The van der Waals surface area contributed by atoms with Crippen molar-refractivity contribution in [1.82, 2.24) is 14.7 Å². The van der Waals surface area contributed by atoms with Gasteiger partial charge in [-0.15, -0.1) is 0 Å². The maximum absolute atomic E-state index is 13.7. The Kier molecular flexibility index (Phi) is 4.61. The molecule has 0 saturated heterocycles. The number of aryl methyl sites for hydroxylation is 1. The lowest BCUT2D eigenvalue weighted by atomic mass is 10.1. The van der Waals surface area contributed by atoms with E-state index in [-0.39, 0.29) is 16.9 Å². The normalized spacial score (nSPS) is 11.2. The van der Waals surface area contributed by atoms with Crippen molar-refractivity contribution in [2.24, 2.45) is 0 Å². The van der Waals surface area contributed by atoms with E-state index >= 15 is 0 Å². The average Bonchev–Trinajstić information content (AvgIpc) is 3.14. The second kappa shape index (κ2) is 7.08. The predicted octanol–water partition coefficient (Wildman–Crippen LogP) is 5.03. The van der Waals surface area contributed by atoms with Crippen LogP contribution in [-0.4, -0.2) is 14.7 Å². The molecule has 0 unspecified atom stereocenters. The number of rotatable bonds is 4. The number of pyridine rings is 1. The van der Waals surface area contributed by atoms with Crippen molar-refractivity contribution in [2.45, 2.75) is 19.9 Å². The van der Waals surface area contributed by atoms with Crippen LogP contribution in [0.25, 0.3) is 33.7 Å². The van der Waals surface area contributed by atoms with E-state index in [0.29, 0.717) is 23.3 Å². The van der Waals surface area contributed by atoms with Crippen molar-refractivity contribution in [3.8, 4) is 22.8 Å². The summed E-state index contributed by atoms with van der Waals surface area (Å²) >= 11 is 3.38. The summed E-state index contributed by atoms with van der Waals surface area (Å²) in [5.41, 5.74) is 1.38. The Hall–Kier alpha value is -2.80. The summed E-state index contributed by atoms with van der Waals surface area (Å²) in [5, 5.41) is 4.28. The first-order chi connectivity index (χ1) is 13.1. The fourth-order valence-corrected chi connectivity index (χ4v) is 3.26. The third-order valence-electron chi connectivity index (χ3n) is 4.27. The Bertz CT molecular complexity index is 1180. The number of hydrogen-bond donors (Lipinski definition) is 0. The van der Waals surface area contributed by atoms with Crippen LogP contribution in [0, 0.1) is 5.82 Å². The minimum Gasteiger partial charge on any atom is -0.346 e. The van der Waals surface area contributed by atoms with E-state index in [1.165, 1.54) is 12.1 Å². The summed E-state index contributed by atoms with van der Waals surface area (Å²) in [6.45, 7) is 2.72. The predicted molar refractivity (Wildman–Crippen MR) is 105 cm³/mol. The van der Waals surface area contributed by atoms with Crippen molar-refractivity contribution < 1.29 is 8.91 Å². The molecule has 4 aromatic rings. The first-order valence-corrected chi connectivity index (χ1v) is 9.29. The molecule has 0 bridgehead atoms. The Morgan fingerprint density at radius 1 is 1.19 bits per heavy atom. The molecule has 136 valence electrons. The monoisotopic (exact) mass is 427 g/mol. The third-order valence-corrected chi connectivity index (χ3v) is 4.79. The topological polar surface area (TPSA) is 60.9 Å². The largest absolute Gasteiger partial charge is 0.346 e. The second-order valence-corrected chi connectivity index (χ2v) is 7.07. The molecule has 27 heavy (non-hydrogen) atoms. The van der Waals surface area contributed by atoms with E-state index < -0.39 is 5.82 Å². The lowest BCUT2D eigenvalue weighted by molar-refractivity contribution is 0.431. The minimum absolute atomic E-state index is 0.119. The average molecular weight is 428 g/mol. The highest BCUT2D eigenvalue weighted by Gasteiger charge is 2.17. The number of aromatic nitrogens is 3. The van der Waals surface area contributed by atoms with Gasteiger partial charge in [-0.1, -0.05) is 28.0 Å². The zero-order chi connectivity index (χ0) is 19.0. The van der Waals surface area contributed by atoms with E-state index in [4.69, 9.17) is 4.52 Å². The van der Waals surface area contributed by atoms with Crippen molar-refractivity contribution in [1.29, 1.82) is 0 Å². The van der Waals surface area contributed by atoms with Gasteiger partial charge in [-0.05, 0) is 48.9 Å². The minimum atomic E-state index is -0.458. The molecule has 2 aromatic carbocycles. The molecule has 0 aliphatic heterocycles. The van der Waals surface area contributed by atoms with Gasteiger partial charge in [0.25, 0.3) is 5.89 Å². The summed E-state index contributed by atoms with van der Waals surface area (Å²) in [6, 6.07) is 11.7. The zero-order valence-electron chi connectivity index (χ0n) is 14.4. The van der Waals surface area contributed by atoms with Crippen LogP contribution in [0.15, 0.2) is 62.5 Å². The van der Waals surface area contributed by atoms with Crippen LogP contribution in [0.4, 0.5) is 4.39 Å². The maximum atomic E-state index is 13.7. The molecule has 0 atom stereocenters. The van der Waals surface area contributed by atoms with Gasteiger partial charge in [-0.2, -0.15) is 4.98 Å². The highest BCUT2D eigenvalue weighted by molar-refractivity contribution is 9.10. The van der Waals surface area contributed by atoms with Gasteiger partial charge in [0.2, 0.25) is 11.3 Å². The van der Waals surface area contributed by atoms with E-state index in [1.54, 1.807) is 12.3 Å². The SMILES string of the molecule is CCCn1cc(-c2nc(-c3ccc(Br)cc3)no2)c(=O)c2cc(F)ccc21. The number of halogens is 2. The summed E-state index contributed by atoms with van der Waals surface area (Å²) in [6.07, 6.45) is 2.56. The third kappa shape index (κ3) is 3.30. The first kappa shape index (κ1) is 17.6. The summed E-state index contributed by atoms with van der Waals surface area (Å²) in [5.74, 6) is 0.0492. The Morgan fingerprint density at radius 2 is 1.96 bits per heavy atom. The molecule has 0 N–H and O–H groups in total. The molecule has 0 aliphatic rings. The first-order valence-electron chi connectivity index (χ1n) is 8.49. The number of fused-ring (bicyclic) bond motifs is 1.